The van der Waals surface area contributed by atoms with Crippen molar-refractivity contribution in [3.8, 4) is 0 Å². The van der Waals surface area contributed by atoms with E-state index in [1.54, 1.807) is 29.9 Å². The lowest BCUT2D eigenvalue weighted by Crippen LogP contribution is -2.05. The molecule has 1 atom stereocenters. The number of hydrogen-bond acceptors (Lipinski definition) is 5. The number of pyridine rings is 1. The number of rotatable bonds is 3. The first-order valence-corrected chi connectivity index (χ1v) is 5.75. The van der Waals surface area contributed by atoms with E-state index in [2.05, 4.69) is 19.9 Å². The Morgan fingerprint density at radius 2 is 2.36 bits per heavy atom. The maximum atomic E-state index is 11.6. The summed E-state index contributed by atoms with van der Waals surface area (Å²) in [5.41, 5.74) is 1.57. The van der Waals surface area contributed by atoms with Crippen LogP contribution in [0.5, 0.6) is 0 Å². The molecule has 2 aromatic rings. The Hall–Kier alpha value is -1.34. The third-order valence-corrected chi connectivity index (χ3v) is 3.10. The molecule has 0 fully saturated rings. The summed E-state index contributed by atoms with van der Waals surface area (Å²) in [5, 5.41) is 8.34. The van der Waals surface area contributed by atoms with Crippen molar-refractivity contribution in [1.29, 1.82) is 0 Å². The van der Waals surface area contributed by atoms with Gasteiger partial charge in [-0.2, -0.15) is 0 Å². The molecule has 0 aromatic carbocycles. The van der Waals surface area contributed by atoms with Gasteiger partial charge in [0, 0.05) is 6.20 Å². The van der Waals surface area contributed by atoms with Crippen molar-refractivity contribution < 1.29 is 4.21 Å². The van der Waals surface area contributed by atoms with Crippen molar-refractivity contribution >= 4 is 27.5 Å². The molecular formula is C7H6N4OS2. The number of nitrogens with zero attached hydrogens (tertiary/aromatic N) is 3. The maximum Gasteiger partial charge on any atom is 0.217 e. The Bertz CT molecular complexity index is 417. The molecular weight excluding hydrogens is 220 g/mol. The third kappa shape index (κ3) is 2.12. The molecule has 1 unspecified atom stereocenters. The van der Waals surface area contributed by atoms with E-state index in [1.165, 1.54) is 11.3 Å². The lowest BCUT2D eigenvalue weighted by Gasteiger charge is -1.99. The van der Waals surface area contributed by atoms with Crippen molar-refractivity contribution in [3.05, 3.63) is 29.9 Å². The fraction of sp³-hybridized carbons (Fsp3) is 0. The number of nitrogens with one attached hydrogen (secondary N) is 1. The van der Waals surface area contributed by atoms with Crippen LogP contribution in [0.1, 0.15) is 0 Å². The fourth-order valence-corrected chi connectivity index (χ4v) is 2.18. The van der Waals surface area contributed by atoms with Crippen LogP contribution < -0.4 is 4.72 Å². The van der Waals surface area contributed by atoms with Crippen LogP contribution >= 0.6 is 11.3 Å². The molecule has 0 aliphatic rings. The highest BCUT2D eigenvalue weighted by Crippen LogP contribution is 2.11. The minimum absolute atomic E-state index is 0.475. The van der Waals surface area contributed by atoms with E-state index in [1.807, 2.05) is 0 Å². The van der Waals surface area contributed by atoms with Gasteiger partial charge in [-0.25, -0.2) is 9.19 Å². The normalized spacial score (nSPS) is 12.3. The molecule has 2 rings (SSSR count). The van der Waals surface area contributed by atoms with Gasteiger partial charge >= 0.3 is 0 Å². The number of aromatic nitrogens is 3. The van der Waals surface area contributed by atoms with Gasteiger partial charge in [-0.05, 0) is 12.1 Å². The Balaban J connectivity index is 2.11. The largest absolute Gasteiger partial charge is 0.274 e. The standard InChI is InChI=1S/C7H6N4OS2/c12-14(6-3-1-2-4-8-6)11-7-10-9-5-13-7/h1-5H,(H,10,11). The highest BCUT2D eigenvalue weighted by atomic mass is 32.2. The van der Waals surface area contributed by atoms with Crippen molar-refractivity contribution in [1.82, 2.24) is 15.2 Å². The zero-order valence-corrected chi connectivity index (χ0v) is 8.59. The molecule has 5 nitrogen and oxygen atoms in total. The maximum absolute atomic E-state index is 11.6. The zero-order chi connectivity index (χ0) is 9.80. The minimum atomic E-state index is -1.37. The summed E-state index contributed by atoms with van der Waals surface area (Å²) in [5.74, 6) is 0. The van der Waals surface area contributed by atoms with E-state index >= 15 is 0 Å². The van der Waals surface area contributed by atoms with E-state index in [-0.39, 0.29) is 0 Å². The molecule has 1 N–H and O–H groups in total. The molecule has 72 valence electrons. The average Bonchev–Trinajstić information content (AvgIpc) is 2.72. The van der Waals surface area contributed by atoms with E-state index in [0.717, 1.165) is 0 Å². The summed E-state index contributed by atoms with van der Waals surface area (Å²) < 4.78 is 14.3. The molecule has 14 heavy (non-hydrogen) atoms. The van der Waals surface area contributed by atoms with Crippen LogP contribution in [0.15, 0.2) is 34.9 Å². The SMILES string of the molecule is O=S(Nc1nncs1)c1ccccn1. The monoisotopic (exact) mass is 226 g/mol. The van der Waals surface area contributed by atoms with Gasteiger partial charge in [0.1, 0.15) is 10.5 Å². The quantitative estimate of drug-likeness (QED) is 0.850. The highest BCUT2D eigenvalue weighted by molar-refractivity contribution is 7.86. The van der Waals surface area contributed by atoms with Crippen molar-refractivity contribution in [2.24, 2.45) is 0 Å². The first-order chi connectivity index (χ1) is 6.86. The van der Waals surface area contributed by atoms with Gasteiger partial charge in [-0.1, -0.05) is 17.4 Å². The molecule has 0 radical (unpaired) electrons. The molecule has 0 spiro atoms. The minimum Gasteiger partial charge on any atom is -0.274 e. The molecule has 0 bridgehead atoms. The predicted molar refractivity (Wildman–Crippen MR) is 54.2 cm³/mol. The van der Waals surface area contributed by atoms with E-state index in [0.29, 0.717) is 10.2 Å². The Morgan fingerprint density at radius 3 is 3.00 bits per heavy atom. The molecule has 0 saturated heterocycles. The van der Waals surface area contributed by atoms with Crippen LogP contribution in [-0.4, -0.2) is 19.4 Å². The molecule has 0 amide bonds. The molecule has 7 heteroatoms. The summed E-state index contributed by atoms with van der Waals surface area (Å²) in [6.07, 6.45) is 1.59. The number of hydrogen-bond donors (Lipinski definition) is 1. The van der Waals surface area contributed by atoms with Crippen molar-refractivity contribution in [2.75, 3.05) is 4.72 Å². The molecule has 0 saturated carbocycles. The summed E-state index contributed by atoms with van der Waals surface area (Å²) in [6, 6.07) is 5.23. The molecule has 2 heterocycles. The van der Waals surface area contributed by atoms with Gasteiger partial charge in [0.05, 0.1) is 0 Å². The Morgan fingerprint density at radius 1 is 1.43 bits per heavy atom. The van der Waals surface area contributed by atoms with Gasteiger partial charge < -0.3 is 0 Å². The third-order valence-electron chi connectivity index (χ3n) is 1.37. The Kier molecular flexibility index (Phi) is 2.80. The summed E-state index contributed by atoms with van der Waals surface area (Å²) in [7, 11) is -1.37. The van der Waals surface area contributed by atoms with E-state index in [9.17, 15) is 4.21 Å². The zero-order valence-electron chi connectivity index (χ0n) is 6.95. The van der Waals surface area contributed by atoms with Gasteiger partial charge in [-0.15, -0.1) is 10.2 Å². The van der Waals surface area contributed by atoms with E-state index in [4.69, 9.17) is 0 Å². The number of anilines is 1. The van der Waals surface area contributed by atoms with Crippen molar-refractivity contribution in [3.63, 3.8) is 0 Å². The van der Waals surface area contributed by atoms with Crippen molar-refractivity contribution in [2.45, 2.75) is 5.03 Å². The van der Waals surface area contributed by atoms with Gasteiger partial charge in [0.15, 0.2) is 11.0 Å². The van der Waals surface area contributed by atoms with Gasteiger partial charge in [0.25, 0.3) is 0 Å². The van der Waals surface area contributed by atoms with Crippen LogP contribution in [-0.2, 0) is 11.0 Å². The molecule has 2 aromatic heterocycles. The summed E-state index contributed by atoms with van der Waals surface area (Å²) in [4.78, 5) is 3.95. The van der Waals surface area contributed by atoms with Gasteiger partial charge in [0.2, 0.25) is 5.13 Å². The second-order valence-electron chi connectivity index (χ2n) is 2.28. The van der Waals surface area contributed by atoms with Crippen LogP contribution in [0.25, 0.3) is 0 Å². The lowest BCUT2D eigenvalue weighted by atomic mass is 10.5. The molecule has 0 aliphatic carbocycles. The second-order valence-corrected chi connectivity index (χ2v) is 4.28. The molecule has 0 aliphatic heterocycles. The fourth-order valence-electron chi connectivity index (χ4n) is 0.806. The van der Waals surface area contributed by atoms with E-state index < -0.39 is 11.0 Å². The second kappa shape index (κ2) is 4.25. The van der Waals surface area contributed by atoms with Gasteiger partial charge in [-0.3, -0.25) is 4.72 Å². The van der Waals surface area contributed by atoms with Crippen LogP contribution in [0, 0.1) is 0 Å². The predicted octanol–water partition coefficient (Wildman–Crippen LogP) is 1.07. The summed E-state index contributed by atoms with van der Waals surface area (Å²) >= 11 is 1.29. The van der Waals surface area contributed by atoms with Crippen LogP contribution in [0.4, 0.5) is 5.13 Å². The Labute approximate surface area is 86.8 Å². The summed E-state index contributed by atoms with van der Waals surface area (Å²) in [6.45, 7) is 0. The first-order valence-electron chi connectivity index (χ1n) is 3.72. The average molecular weight is 226 g/mol. The van der Waals surface area contributed by atoms with Crippen LogP contribution in [0.3, 0.4) is 0 Å². The topological polar surface area (TPSA) is 67.8 Å². The highest BCUT2D eigenvalue weighted by Gasteiger charge is 2.05. The first kappa shape index (κ1) is 9.22. The lowest BCUT2D eigenvalue weighted by molar-refractivity contribution is 0.683. The smallest absolute Gasteiger partial charge is 0.217 e. The van der Waals surface area contributed by atoms with Crippen LogP contribution in [0.2, 0.25) is 0 Å².